The highest BCUT2D eigenvalue weighted by Gasteiger charge is 2.07. The maximum atomic E-state index is 11.9. The van der Waals surface area contributed by atoms with Gasteiger partial charge in [-0.3, -0.25) is 14.4 Å². The SMILES string of the molecule is CC(CCCCCF)C1=CN=CCN=C1. The van der Waals surface area contributed by atoms with E-state index < -0.39 is 0 Å². The highest BCUT2D eigenvalue weighted by molar-refractivity contribution is 5.82. The molecule has 0 bridgehead atoms. The summed E-state index contributed by atoms with van der Waals surface area (Å²) in [7, 11) is 0. The standard InChI is InChI=1S/C12H19FN2/c1-11(5-3-2-4-6-13)12-9-14-7-8-15-10-12/h7,9-11H,2-6,8H2,1H3. The zero-order valence-corrected chi connectivity index (χ0v) is 9.32. The molecular formula is C12H19FN2. The van der Waals surface area contributed by atoms with Crippen LogP contribution in [0.3, 0.4) is 0 Å². The number of halogens is 1. The van der Waals surface area contributed by atoms with Crippen LogP contribution in [0.5, 0.6) is 0 Å². The van der Waals surface area contributed by atoms with Crippen LogP contribution in [0.15, 0.2) is 21.8 Å². The summed E-state index contributed by atoms with van der Waals surface area (Å²) in [4.78, 5) is 8.36. The zero-order chi connectivity index (χ0) is 10.9. The summed E-state index contributed by atoms with van der Waals surface area (Å²) < 4.78 is 11.9. The van der Waals surface area contributed by atoms with Crippen LogP contribution in [0.2, 0.25) is 0 Å². The van der Waals surface area contributed by atoms with E-state index in [1.165, 1.54) is 5.57 Å². The van der Waals surface area contributed by atoms with Crippen molar-refractivity contribution in [3.63, 3.8) is 0 Å². The number of alkyl halides is 1. The van der Waals surface area contributed by atoms with E-state index in [1.54, 1.807) is 6.21 Å². The summed E-state index contributed by atoms with van der Waals surface area (Å²) >= 11 is 0. The minimum absolute atomic E-state index is 0.192. The van der Waals surface area contributed by atoms with Crippen LogP contribution < -0.4 is 0 Å². The molecular weight excluding hydrogens is 191 g/mol. The number of allylic oxidation sites excluding steroid dienone is 1. The molecule has 0 aromatic rings. The van der Waals surface area contributed by atoms with Crippen molar-refractivity contribution in [2.45, 2.75) is 32.6 Å². The van der Waals surface area contributed by atoms with Gasteiger partial charge in [0.15, 0.2) is 0 Å². The van der Waals surface area contributed by atoms with Gasteiger partial charge < -0.3 is 0 Å². The molecule has 0 N–H and O–H groups in total. The van der Waals surface area contributed by atoms with Crippen LogP contribution in [-0.4, -0.2) is 25.6 Å². The predicted molar refractivity (Wildman–Crippen MR) is 63.5 cm³/mol. The fraction of sp³-hybridized carbons (Fsp3) is 0.667. The summed E-state index contributed by atoms with van der Waals surface area (Å²) in [6, 6.07) is 0. The van der Waals surface area contributed by atoms with Crippen molar-refractivity contribution in [3.05, 3.63) is 11.8 Å². The van der Waals surface area contributed by atoms with Crippen LogP contribution >= 0.6 is 0 Å². The number of hydrogen-bond donors (Lipinski definition) is 0. The third kappa shape index (κ3) is 4.86. The molecule has 0 radical (unpaired) electrons. The Hall–Kier alpha value is -0.990. The van der Waals surface area contributed by atoms with Crippen molar-refractivity contribution in [2.24, 2.45) is 15.9 Å². The Kier molecular flexibility index (Phi) is 5.90. The molecule has 3 heteroatoms. The van der Waals surface area contributed by atoms with Crippen molar-refractivity contribution < 1.29 is 4.39 Å². The summed E-state index contributed by atoms with van der Waals surface area (Å²) in [6.07, 6.45) is 9.45. The fourth-order valence-electron chi connectivity index (χ4n) is 1.57. The van der Waals surface area contributed by atoms with Gasteiger partial charge in [-0.05, 0) is 24.3 Å². The van der Waals surface area contributed by atoms with Gasteiger partial charge in [0.2, 0.25) is 0 Å². The van der Waals surface area contributed by atoms with Gasteiger partial charge in [0.05, 0.1) is 13.2 Å². The molecule has 0 amide bonds. The average Bonchev–Trinajstić information content (AvgIpc) is 2.52. The van der Waals surface area contributed by atoms with Crippen molar-refractivity contribution in [2.75, 3.05) is 13.2 Å². The lowest BCUT2D eigenvalue weighted by molar-refractivity contribution is 0.445. The minimum atomic E-state index is -0.192. The molecule has 0 saturated heterocycles. The maximum absolute atomic E-state index is 11.9. The predicted octanol–water partition coefficient (Wildman–Crippen LogP) is 3.19. The first-order valence-corrected chi connectivity index (χ1v) is 5.62. The molecule has 1 unspecified atom stereocenters. The Morgan fingerprint density at radius 2 is 2.27 bits per heavy atom. The second kappa shape index (κ2) is 7.32. The molecule has 1 rings (SSSR count). The van der Waals surface area contributed by atoms with Gasteiger partial charge in [0.1, 0.15) is 0 Å². The minimum Gasteiger partial charge on any atom is -0.287 e. The smallest absolute Gasteiger partial charge is 0.0894 e. The Labute approximate surface area is 91.0 Å². The van der Waals surface area contributed by atoms with E-state index in [4.69, 9.17) is 0 Å². The van der Waals surface area contributed by atoms with Crippen molar-refractivity contribution in [1.82, 2.24) is 0 Å². The van der Waals surface area contributed by atoms with E-state index >= 15 is 0 Å². The quantitative estimate of drug-likeness (QED) is 0.601. The molecule has 0 saturated carbocycles. The molecule has 1 heterocycles. The second-order valence-electron chi connectivity index (χ2n) is 3.89. The van der Waals surface area contributed by atoms with Gasteiger partial charge in [-0.15, -0.1) is 0 Å². The second-order valence-corrected chi connectivity index (χ2v) is 3.89. The molecule has 1 atom stereocenters. The number of rotatable bonds is 6. The molecule has 15 heavy (non-hydrogen) atoms. The summed E-state index contributed by atoms with van der Waals surface area (Å²) in [5.41, 5.74) is 1.18. The molecule has 84 valence electrons. The Morgan fingerprint density at radius 1 is 1.40 bits per heavy atom. The number of aliphatic imine (C=N–C) groups is 2. The van der Waals surface area contributed by atoms with Gasteiger partial charge in [0, 0.05) is 18.6 Å². The largest absolute Gasteiger partial charge is 0.287 e. The summed E-state index contributed by atoms with van der Waals surface area (Å²) in [5.74, 6) is 0.476. The fourth-order valence-corrected chi connectivity index (χ4v) is 1.57. The molecule has 0 fully saturated rings. The van der Waals surface area contributed by atoms with E-state index in [2.05, 4.69) is 16.9 Å². The third-order valence-electron chi connectivity index (χ3n) is 2.60. The topological polar surface area (TPSA) is 24.7 Å². The highest BCUT2D eigenvalue weighted by Crippen LogP contribution is 2.17. The first-order valence-electron chi connectivity index (χ1n) is 5.62. The molecule has 0 aromatic carbocycles. The normalized spacial score (nSPS) is 17.3. The van der Waals surface area contributed by atoms with E-state index in [1.807, 2.05) is 12.4 Å². The first-order chi connectivity index (χ1) is 7.34. The van der Waals surface area contributed by atoms with Crippen molar-refractivity contribution >= 4 is 12.4 Å². The lowest BCUT2D eigenvalue weighted by Crippen LogP contribution is -2.01. The van der Waals surface area contributed by atoms with E-state index in [0.717, 1.165) is 19.3 Å². The van der Waals surface area contributed by atoms with E-state index in [9.17, 15) is 4.39 Å². The van der Waals surface area contributed by atoms with Crippen molar-refractivity contribution in [1.29, 1.82) is 0 Å². The molecule has 1 aliphatic heterocycles. The van der Waals surface area contributed by atoms with Crippen LogP contribution in [0.1, 0.15) is 32.6 Å². The monoisotopic (exact) mass is 210 g/mol. The Bertz CT molecular complexity index is 256. The van der Waals surface area contributed by atoms with Crippen LogP contribution in [-0.2, 0) is 0 Å². The Balaban J connectivity index is 2.29. The zero-order valence-electron chi connectivity index (χ0n) is 9.32. The van der Waals surface area contributed by atoms with Crippen LogP contribution in [0.4, 0.5) is 4.39 Å². The van der Waals surface area contributed by atoms with Gasteiger partial charge in [-0.2, -0.15) is 0 Å². The van der Waals surface area contributed by atoms with Gasteiger partial charge in [-0.25, -0.2) is 0 Å². The highest BCUT2D eigenvalue weighted by atomic mass is 19.1. The molecule has 1 aliphatic rings. The van der Waals surface area contributed by atoms with E-state index in [-0.39, 0.29) is 6.67 Å². The molecule has 0 aromatic heterocycles. The third-order valence-corrected chi connectivity index (χ3v) is 2.60. The summed E-state index contributed by atoms with van der Waals surface area (Å²) in [6.45, 7) is 2.66. The Morgan fingerprint density at radius 3 is 3.07 bits per heavy atom. The van der Waals surface area contributed by atoms with Crippen molar-refractivity contribution in [3.8, 4) is 0 Å². The number of unbranched alkanes of at least 4 members (excludes halogenated alkanes) is 2. The molecule has 2 nitrogen and oxygen atoms in total. The summed E-state index contributed by atoms with van der Waals surface area (Å²) in [5, 5.41) is 0. The van der Waals surface area contributed by atoms with E-state index in [0.29, 0.717) is 18.9 Å². The van der Waals surface area contributed by atoms with Gasteiger partial charge >= 0.3 is 0 Å². The number of nitrogens with zero attached hydrogens (tertiary/aromatic N) is 2. The first kappa shape index (κ1) is 12.1. The van der Waals surface area contributed by atoms with Gasteiger partial charge in [-0.1, -0.05) is 19.8 Å². The van der Waals surface area contributed by atoms with Crippen LogP contribution in [0.25, 0.3) is 0 Å². The molecule has 0 aliphatic carbocycles. The number of hydrogen-bond acceptors (Lipinski definition) is 2. The van der Waals surface area contributed by atoms with Crippen LogP contribution in [0, 0.1) is 5.92 Å². The lowest BCUT2D eigenvalue weighted by atomic mass is 9.96. The molecule has 0 spiro atoms. The lowest BCUT2D eigenvalue weighted by Gasteiger charge is -2.10. The maximum Gasteiger partial charge on any atom is 0.0894 e. The average molecular weight is 210 g/mol. The van der Waals surface area contributed by atoms with Gasteiger partial charge in [0.25, 0.3) is 0 Å².